The number of hydrogen-bond acceptors (Lipinski definition) is 10. The van der Waals surface area contributed by atoms with E-state index in [1.54, 1.807) is 30.4 Å². The average molecular weight is 914 g/mol. The van der Waals surface area contributed by atoms with Gasteiger partial charge in [0.1, 0.15) is 11.5 Å². The lowest BCUT2D eigenvalue weighted by molar-refractivity contribution is -0.111. The van der Waals surface area contributed by atoms with Gasteiger partial charge in [-0.05, 0) is 110 Å². The molecule has 2 aromatic carbocycles. The average Bonchev–Trinajstić information content (AvgIpc) is 3.80. The van der Waals surface area contributed by atoms with Gasteiger partial charge in [-0.3, -0.25) is 24.2 Å². The summed E-state index contributed by atoms with van der Waals surface area (Å²) in [6, 6.07) is 16.5. The van der Waals surface area contributed by atoms with Crippen LogP contribution in [0.5, 0.6) is 0 Å². The first-order valence-electron chi connectivity index (χ1n) is 23.2. The quantitative estimate of drug-likeness (QED) is 0.113. The lowest BCUT2D eigenvalue weighted by Crippen LogP contribution is -2.57. The lowest BCUT2D eigenvalue weighted by Gasteiger charge is -2.47. The van der Waals surface area contributed by atoms with E-state index >= 15 is 0 Å². The molecule has 3 N–H and O–H groups in total. The second kappa shape index (κ2) is 18.0. The number of anilines is 6. The molecule has 2 amide bonds. The van der Waals surface area contributed by atoms with Crippen molar-refractivity contribution in [2.24, 2.45) is 12.5 Å². The van der Waals surface area contributed by atoms with Gasteiger partial charge in [0, 0.05) is 111 Å². The molecule has 3 aromatic heterocycles. The van der Waals surface area contributed by atoms with Crippen molar-refractivity contribution in [2.75, 3.05) is 64.6 Å². The van der Waals surface area contributed by atoms with Crippen molar-refractivity contribution in [1.29, 1.82) is 0 Å². The second-order valence-corrected chi connectivity index (χ2v) is 19.9. The molecule has 0 bridgehead atoms. The first kappa shape index (κ1) is 45.2. The molecule has 4 aliphatic rings. The number of piperidine rings is 1. The molecule has 3 aliphatic heterocycles. The Bertz CT molecular complexity index is 2770. The molecular formula is C51H61ClN10O4. The van der Waals surface area contributed by atoms with Gasteiger partial charge < -0.3 is 34.7 Å². The molecule has 1 aliphatic carbocycles. The van der Waals surface area contributed by atoms with Gasteiger partial charge in [-0.15, -0.1) is 0 Å². The van der Waals surface area contributed by atoms with Crippen LogP contribution in [0.2, 0.25) is 5.02 Å². The van der Waals surface area contributed by atoms with Gasteiger partial charge in [-0.1, -0.05) is 45.9 Å². The number of fused-ring (bicyclic) bond motifs is 3. The highest BCUT2D eigenvalue weighted by atomic mass is 35.5. The van der Waals surface area contributed by atoms with E-state index in [0.29, 0.717) is 64.8 Å². The molecule has 346 valence electrons. The maximum absolute atomic E-state index is 14.0. The molecule has 2 saturated heterocycles. The smallest absolute Gasteiger partial charge is 0.293 e. The molecule has 66 heavy (non-hydrogen) atoms. The SMILES string of the molecule is C=CC(=O)Nc1cc(Nc2nc(-c3ccnc(N4CCn5c(cc6c5CC(C)(C)C6)C4=O)c3CO)cn(C)c2=O)ccc1N1CCN(C2CCN(c3ccc(Cl)c(C(C)C)c3)CC2)C[C@@H]1C. The van der Waals surface area contributed by atoms with Gasteiger partial charge in [0.15, 0.2) is 5.82 Å². The summed E-state index contributed by atoms with van der Waals surface area (Å²) in [5.74, 6) is 0.287. The number of nitrogens with one attached hydrogen (secondary N) is 2. The van der Waals surface area contributed by atoms with Crippen molar-refractivity contribution in [1.82, 2.24) is 24.0 Å². The van der Waals surface area contributed by atoms with Crippen LogP contribution in [0.3, 0.4) is 0 Å². The summed E-state index contributed by atoms with van der Waals surface area (Å²) in [6.07, 6.45) is 8.49. The van der Waals surface area contributed by atoms with Crippen molar-refractivity contribution in [3.63, 3.8) is 0 Å². The first-order valence-corrected chi connectivity index (χ1v) is 23.6. The maximum Gasteiger partial charge on any atom is 0.293 e. The summed E-state index contributed by atoms with van der Waals surface area (Å²) in [4.78, 5) is 59.1. The third-order valence-electron chi connectivity index (χ3n) is 14.0. The molecule has 0 spiro atoms. The minimum absolute atomic E-state index is 0.0553. The Balaban J connectivity index is 0.920. The molecule has 9 rings (SSSR count). The number of carbonyl (C=O) groups excluding carboxylic acids is 2. The minimum atomic E-state index is -0.398. The van der Waals surface area contributed by atoms with E-state index in [4.69, 9.17) is 16.6 Å². The molecular weight excluding hydrogens is 852 g/mol. The summed E-state index contributed by atoms with van der Waals surface area (Å²) in [5, 5.41) is 17.9. The number of pyridine rings is 1. The number of aromatic nitrogens is 4. The molecule has 1 atom stereocenters. The van der Waals surface area contributed by atoms with E-state index in [1.165, 1.54) is 33.2 Å². The van der Waals surface area contributed by atoms with E-state index in [2.05, 4.69) is 88.2 Å². The molecule has 0 unspecified atom stereocenters. The molecule has 0 radical (unpaired) electrons. The summed E-state index contributed by atoms with van der Waals surface area (Å²) in [6.45, 7) is 20.0. The van der Waals surface area contributed by atoms with Crippen LogP contribution in [0.4, 0.5) is 34.4 Å². The zero-order valence-electron chi connectivity index (χ0n) is 38.9. The number of benzene rings is 2. The summed E-state index contributed by atoms with van der Waals surface area (Å²) in [5.41, 5.74) is 8.74. The van der Waals surface area contributed by atoms with Crippen LogP contribution in [-0.4, -0.2) is 92.3 Å². The van der Waals surface area contributed by atoms with Crippen molar-refractivity contribution in [2.45, 2.75) is 91.5 Å². The molecule has 0 saturated carbocycles. The third kappa shape index (κ3) is 8.62. The van der Waals surface area contributed by atoms with Crippen molar-refractivity contribution < 1.29 is 14.7 Å². The fraction of sp³-hybridized carbons (Fsp3) is 0.431. The Kier molecular flexibility index (Phi) is 12.3. The molecule has 5 aromatic rings. The standard InChI is InChI=1S/C51H61ClN10O4/c1-8-46(64)55-41-24-34(9-12-43(41)60-20-19-59(28-32(60)4)35-14-17-58(18-15-35)36-10-11-40(52)38(25-36)31(2)3)54-47-50(66)57(7)29-42(56-47)37-13-16-53-48(39(37)30-63)62-22-21-61-44(49(62)65)23-33-26-51(5,6)27-45(33)61/h8-13,16,23-25,29,31-32,35,63H,1,14-15,17-22,26-28,30H2,2-7H3,(H,54,56)(H,55,64)/t32-/m0/s1. The van der Waals surface area contributed by atoms with Crippen LogP contribution in [0, 0.1) is 5.41 Å². The van der Waals surface area contributed by atoms with Crippen molar-refractivity contribution in [3.05, 3.63) is 117 Å². The fourth-order valence-electron chi connectivity index (χ4n) is 10.7. The Morgan fingerprint density at radius 3 is 2.53 bits per heavy atom. The highest BCUT2D eigenvalue weighted by molar-refractivity contribution is 6.31. The van der Waals surface area contributed by atoms with Crippen molar-refractivity contribution >= 4 is 57.8 Å². The zero-order chi connectivity index (χ0) is 46.6. The Labute approximate surface area is 391 Å². The topological polar surface area (TPSA) is 144 Å². The zero-order valence-corrected chi connectivity index (χ0v) is 39.7. The van der Waals surface area contributed by atoms with E-state index in [1.807, 2.05) is 30.3 Å². The number of halogens is 1. The largest absolute Gasteiger partial charge is 0.392 e. The van der Waals surface area contributed by atoms with Gasteiger partial charge in [0.25, 0.3) is 11.5 Å². The lowest BCUT2D eigenvalue weighted by atomic mass is 9.90. The Morgan fingerprint density at radius 1 is 1.02 bits per heavy atom. The highest BCUT2D eigenvalue weighted by Gasteiger charge is 2.38. The molecule has 14 nitrogen and oxygen atoms in total. The van der Waals surface area contributed by atoms with E-state index in [9.17, 15) is 19.5 Å². The number of piperazine rings is 1. The number of nitrogens with zero attached hydrogens (tertiary/aromatic N) is 8. The van der Waals surface area contributed by atoms with E-state index in [-0.39, 0.29) is 34.6 Å². The number of rotatable bonds is 11. The van der Waals surface area contributed by atoms with Crippen LogP contribution in [0.1, 0.15) is 86.3 Å². The third-order valence-corrected chi connectivity index (χ3v) is 14.4. The number of aliphatic hydroxyl groups excluding tert-OH is 1. The number of aryl methyl sites for hydroxylation is 1. The van der Waals surface area contributed by atoms with Gasteiger partial charge in [-0.25, -0.2) is 9.97 Å². The first-order chi connectivity index (χ1) is 31.6. The van der Waals surface area contributed by atoms with Gasteiger partial charge in [0.2, 0.25) is 5.91 Å². The van der Waals surface area contributed by atoms with Crippen LogP contribution in [0.25, 0.3) is 11.3 Å². The van der Waals surface area contributed by atoms with E-state index in [0.717, 1.165) is 69.1 Å². The molecule has 15 heteroatoms. The van der Waals surface area contributed by atoms with Crippen LogP contribution in [0.15, 0.2) is 78.4 Å². The number of hydrogen-bond donors (Lipinski definition) is 3. The molecule has 6 heterocycles. The van der Waals surface area contributed by atoms with E-state index < -0.39 is 6.61 Å². The van der Waals surface area contributed by atoms with Gasteiger partial charge in [-0.2, -0.15) is 0 Å². The van der Waals surface area contributed by atoms with Crippen LogP contribution >= 0.6 is 11.6 Å². The Hall–Kier alpha value is -5.96. The monoisotopic (exact) mass is 912 g/mol. The fourth-order valence-corrected chi connectivity index (χ4v) is 11.0. The molecule has 2 fully saturated rings. The normalized spacial score (nSPS) is 18.7. The van der Waals surface area contributed by atoms with Gasteiger partial charge in [0.05, 0.1) is 23.7 Å². The highest BCUT2D eigenvalue weighted by Crippen LogP contribution is 2.41. The van der Waals surface area contributed by atoms with Crippen LogP contribution in [-0.2, 0) is 37.8 Å². The number of aliphatic hydroxyl groups is 1. The summed E-state index contributed by atoms with van der Waals surface area (Å²) >= 11 is 6.51. The van der Waals surface area contributed by atoms with Crippen LogP contribution < -0.4 is 30.9 Å². The summed E-state index contributed by atoms with van der Waals surface area (Å²) < 4.78 is 3.59. The maximum atomic E-state index is 14.0. The second-order valence-electron chi connectivity index (χ2n) is 19.5. The predicted molar refractivity (Wildman–Crippen MR) is 264 cm³/mol. The Morgan fingerprint density at radius 2 is 1.80 bits per heavy atom. The number of carbonyl (C=O) groups is 2. The minimum Gasteiger partial charge on any atom is -0.392 e. The van der Waals surface area contributed by atoms with Gasteiger partial charge >= 0.3 is 0 Å². The summed E-state index contributed by atoms with van der Waals surface area (Å²) in [7, 11) is 1.65. The predicted octanol–water partition coefficient (Wildman–Crippen LogP) is 7.75. The van der Waals surface area contributed by atoms with Crippen molar-refractivity contribution in [3.8, 4) is 11.3 Å². The number of amides is 2.